The van der Waals surface area contributed by atoms with Gasteiger partial charge in [0.05, 0.1) is 6.04 Å². The molecule has 2 rings (SSSR count). The van der Waals surface area contributed by atoms with Gasteiger partial charge in [-0.1, -0.05) is 6.07 Å². The highest BCUT2D eigenvalue weighted by Crippen LogP contribution is 2.34. The fourth-order valence-electron chi connectivity index (χ4n) is 2.25. The van der Waals surface area contributed by atoms with Gasteiger partial charge in [0.1, 0.15) is 5.60 Å². The summed E-state index contributed by atoms with van der Waals surface area (Å²) in [6.07, 6.45) is 3.11. The fourth-order valence-corrected chi connectivity index (χ4v) is 3.12. The highest BCUT2D eigenvalue weighted by molar-refractivity contribution is 7.10. The van der Waals surface area contributed by atoms with Crippen LogP contribution in [0, 0.1) is 0 Å². The first kappa shape index (κ1) is 13.4. The molecular formula is C14H21NO2S. The summed E-state index contributed by atoms with van der Waals surface area (Å²) in [6.45, 7) is 6.54. The first-order chi connectivity index (χ1) is 8.47. The largest absolute Gasteiger partial charge is 0.444 e. The highest BCUT2D eigenvalue weighted by Gasteiger charge is 2.31. The average Bonchev–Trinajstić information content (AvgIpc) is 2.80. The van der Waals surface area contributed by atoms with E-state index in [0.29, 0.717) is 0 Å². The van der Waals surface area contributed by atoms with Gasteiger partial charge in [0.2, 0.25) is 0 Å². The Balaban J connectivity index is 2.11. The van der Waals surface area contributed by atoms with Gasteiger partial charge in [-0.2, -0.15) is 0 Å². The number of amides is 1. The molecule has 1 fully saturated rings. The van der Waals surface area contributed by atoms with E-state index >= 15 is 0 Å². The molecule has 1 amide bonds. The molecule has 18 heavy (non-hydrogen) atoms. The second-order valence-electron chi connectivity index (χ2n) is 5.70. The molecule has 0 bridgehead atoms. The summed E-state index contributed by atoms with van der Waals surface area (Å²) in [5.41, 5.74) is -0.422. The van der Waals surface area contributed by atoms with Crippen molar-refractivity contribution in [2.75, 3.05) is 6.54 Å². The predicted octanol–water partition coefficient (Wildman–Crippen LogP) is 4.21. The Morgan fingerprint density at radius 3 is 2.83 bits per heavy atom. The van der Waals surface area contributed by atoms with Gasteiger partial charge in [-0.3, -0.25) is 0 Å². The van der Waals surface area contributed by atoms with Crippen LogP contribution in [0.1, 0.15) is 51.0 Å². The van der Waals surface area contributed by atoms with E-state index in [9.17, 15) is 4.79 Å². The van der Waals surface area contributed by atoms with E-state index in [1.807, 2.05) is 31.7 Å². The Labute approximate surface area is 113 Å². The first-order valence-corrected chi connectivity index (χ1v) is 7.38. The molecule has 2 heterocycles. The van der Waals surface area contributed by atoms with Gasteiger partial charge in [0, 0.05) is 11.4 Å². The first-order valence-electron chi connectivity index (χ1n) is 6.50. The minimum absolute atomic E-state index is 0.180. The Bertz CT molecular complexity index is 394. The van der Waals surface area contributed by atoms with Crippen LogP contribution >= 0.6 is 11.3 Å². The fraction of sp³-hybridized carbons (Fsp3) is 0.643. The molecule has 0 aromatic carbocycles. The summed E-state index contributed by atoms with van der Waals surface area (Å²) in [5.74, 6) is 0. The van der Waals surface area contributed by atoms with E-state index < -0.39 is 5.60 Å². The molecule has 1 aromatic rings. The summed E-state index contributed by atoms with van der Waals surface area (Å²) >= 11 is 1.72. The quantitative estimate of drug-likeness (QED) is 0.762. The minimum Gasteiger partial charge on any atom is -0.444 e. The molecule has 0 spiro atoms. The van der Waals surface area contributed by atoms with Crippen LogP contribution in [0.15, 0.2) is 17.5 Å². The summed E-state index contributed by atoms with van der Waals surface area (Å²) in [6, 6.07) is 4.36. The molecule has 0 N–H and O–H groups in total. The van der Waals surface area contributed by atoms with E-state index in [0.717, 1.165) is 19.4 Å². The van der Waals surface area contributed by atoms with Crippen molar-refractivity contribution in [2.24, 2.45) is 0 Å². The van der Waals surface area contributed by atoms with Crippen LogP contribution < -0.4 is 0 Å². The molecule has 1 unspecified atom stereocenters. The van der Waals surface area contributed by atoms with E-state index in [2.05, 4.69) is 11.4 Å². The molecule has 0 saturated carbocycles. The summed E-state index contributed by atoms with van der Waals surface area (Å²) in [5, 5.41) is 2.07. The van der Waals surface area contributed by atoms with Crippen molar-refractivity contribution in [3.8, 4) is 0 Å². The number of thiophene rings is 1. The monoisotopic (exact) mass is 267 g/mol. The zero-order chi connectivity index (χ0) is 13.2. The smallest absolute Gasteiger partial charge is 0.410 e. The Hall–Kier alpha value is -1.03. The van der Waals surface area contributed by atoms with Crippen molar-refractivity contribution in [3.63, 3.8) is 0 Å². The molecule has 0 radical (unpaired) electrons. The van der Waals surface area contributed by atoms with E-state index in [1.54, 1.807) is 11.3 Å². The van der Waals surface area contributed by atoms with E-state index in [4.69, 9.17) is 4.74 Å². The van der Waals surface area contributed by atoms with Crippen LogP contribution in [0.3, 0.4) is 0 Å². The Kier molecular flexibility index (Phi) is 3.95. The second kappa shape index (κ2) is 5.31. The number of carbonyl (C=O) groups excluding carboxylic acids is 1. The zero-order valence-corrected chi connectivity index (χ0v) is 12.1. The summed E-state index contributed by atoms with van der Waals surface area (Å²) in [7, 11) is 0. The van der Waals surface area contributed by atoms with Crippen LogP contribution in [0.2, 0.25) is 0 Å². The molecule has 1 saturated heterocycles. The number of rotatable bonds is 1. The molecule has 100 valence electrons. The van der Waals surface area contributed by atoms with Crippen LogP contribution in [0.25, 0.3) is 0 Å². The number of hydrogen-bond donors (Lipinski definition) is 0. The van der Waals surface area contributed by atoms with Gasteiger partial charge in [0.15, 0.2) is 0 Å². The lowest BCUT2D eigenvalue weighted by Gasteiger charge is -2.36. The number of piperidine rings is 1. The predicted molar refractivity (Wildman–Crippen MR) is 73.9 cm³/mol. The van der Waals surface area contributed by atoms with Gasteiger partial charge in [-0.15, -0.1) is 11.3 Å². The standard InChI is InChI=1S/C14H21NO2S/c1-14(2,3)17-13(16)15-9-5-4-7-11(15)12-8-6-10-18-12/h6,8,10-11H,4-5,7,9H2,1-3H3. The third-order valence-corrected chi connectivity index (χ3v) is 3.98. The lowest BCUT2D eigenvalue weighted by molar-refractivity contribution is 0.00994. The lowest BCUT2D eigenvalue weighted by Crippen LogP contribution is -2.41. The zero-order valence-electron chi connectivity index (χ0n) is 11.3. The third kappa shape index (κ3) is 3.25. The number of nitrogens with zero attached hydrogens (tertiary/aromatic N) is 1. The number of carbonyl (C=O) groups is 1. The summed E-state index contributed by atoms with van der Waals surface area (Å²) < 4.78 is 5.50. The maximum atomic E-state index is 12.2. The minimum atomic E-state index is -0.422. The maximum absolute atomic E-state index is 12.2. The van der Waals surface area contributed by atoms with E-state index in [1.165, 1.54) is 11.3 Å². The van der Waals surface area contributed by atoms with Crippen LogP contribution in [-0.2, 0) is 4.74 Å². The summed E-state index contributed by atoms with van der Waals surface area (Å²) in [4.78, 5) is 15.4. The molecule has 4 heteroatoms. The lowest BCUT2D eigenvalue weighted by atomic mass is 10.0. The van der Waals surface area contributed by atoms with Crippen molar-refractivity contribution >= 4 is 17.4 Å². The normalized spacial score (nSPS) is 20.8. The van der Waals surface area contributed by atoms with Crippen molar-refractivity contribution in [1.82, 2.24) is 4.90 Å². The van der Waals surface area contributed by atoms with Gasteiger partial charge < -0.3 is 9.64 Å². The Morgan fingerprint density at radius 1 is 1.44 bits per heavy atom. The molecule has 1 aromatic heterocycles. The Morgan fingerprint density at radius 2 is 2.22 bits per heavy atom. The van der Waals surface area contributed by atoms with Crippen LogP contribution in [-0.4, -0.2) is 23.1 Å². The molecule has 0 aliphatic carbocycles. The number of ether oxygens (including phenoxy) is 1. The molecular weight excluding hydrogens is 246 g/mol. The van der Waals surface area contributed by atoms with Gasteiger partial charge >= 0.3 is 6.09 Å². The van der Waals surface area contributed by atoms with Crippen LogP contribution in [0.5, 0.6) is 0 Å². The van der Waals surface area contributed by atoms with Crippen LogP contribution in [0.4, 0.5) is 4.79 Å². The van der Waals surface area contributed by atoms with Gasteiger partial charge in [-0.25, -0.2) is 4.79 Å². The molecule has 1 aliphatic heterocycles. The van der Waals surface area contributed by atoms with Gasteiger partial charge in [0.25, 0.3) is 0 Å². The van der Waals surface area contributed by atoms with E-state index in [-0.39, 0.29) is 12.1 Å². The number of hydrogen-bond acceptors (Lipinski definition) is 3. The third-order valence-electron chi connectivity index (χ3n) is 3.00. The second-order valence-corrected chi connectivity index (χ2v) is 6.68. The topological polar surface area (TPSA) is 29.5 Å². The van der Waals surface area contributed by atoms with Crippen molar-refractivity contribution in [3.05, 3.63) is 22.4 Å². The molecule has 1 aliphatic rings. The van der Waals surface area contributed by atoms with Crippen molar-refractivity contribution in [2.45, 2.75) is 51.7 Å². The van der Waals surface area contributed by atoms with Crippen molar-refractivity contribution in [1.29, 1.82) is 0 Å². The average molecular weight is 267 g/mol. The van der Waals surface area contributed by atoms with Crippen molar-refractivity contribution < 1.29 is 9.53 Å². The number of likely N-dealkylation sites (tertiary alicyclic amines) is 1. The maximum Gasteiger partial charge on any atom is 0.410 e. The SMILES string of the molecule is CC(C)(C)OC(=O)N1CCCCC1c1cccs1. The molecule has 1 atom stereocenters. The highest BCUT2D eigenvalue weighted by atomic mass is 32.1. The molecule has 3 nitrogen and oxygen atoms in total. The van der Waals surface area contributed by atoms with Gasteiger partial charge in [-0.05, 0) is 51.5 Å².